The number of aliphatic hydroxyl groups is 3. The molecule has 54 heavy (non-hydrogen) atoms. The normalized spacial score (nSPS) is 29.8. The molecule has 18 nitrogen and oxygen atoms in total. The van der Waals surface area contributed by atoms with Crippen molar-refractivity contribution in [2.24, 2.45) is 23.7 Å². The maximum atomic E-state index is 13.4. The van der Waals surface area contributed by atoms with Crippen molar-refractivity contribution >= 4 is 35.8 Å². The molecule has 0 bridgehead atoms. The number of esters is 5. The van der Waals surface area contributed by atoms with Crippen LogP contribution in [0.3, 0.4) is 0 Å². The Morgan fingerprint density at radius 1 is 0.722 bits per heavy atom. The van der Waals surface area contributed by atoms with Gasteiger partial charge in [0.15, 0.2) is 18.3 Å². The zero-order valence-electron chi connectivity index (χ0n) is 32.3. The van der Waals surface area contributed by atoms with E-state index in [4.69, 9.17) is 43.0 Å². The second-order valence-corrected chi connectivity index (χ2v) is 14.2. The van der Waals surface area contributed by atoms with Crippen LogP contribution in [0, 0.1) is 23.7 Å². The second-order valence-electron chi connectivity index (χ2n) is 14.2. The summed E-state index contributed by atoms with van der Waals surface area (Å²) in [5.41, 5.74) is 0. The van der Waals surface area contributed by atoms with Crippen LogP contribution in [0.5, 0.6) is 0 Å². The molecule has 4 N–H and O–H groups in total. The summed E-state index contributed by atoms with van der Waals surface area (Å²) >= 11 is 0. The third-order valence-corrected chi connectivity index (χ3v) is 9.45. The van der Waals surface area contributed by atoms with Crippen LogP contribution in [-0.4, -0.2) is 131 Å². The van der Waals surface area contributed by atoms with E-state index >= 15 is 0 Å². The van der Waals surface area contributed by atoms with Crippen LogP contribution >= 0.6 is 0 Å². The molecule has 18 heteroatoms. The van der Waals surface area contributed by atoms with Crippen molar-refractivity contribution in [3.8, 4) is 0 Å². The van der Waals surface area contributed by atoms with Gasteiger partial charge in [-0.2, -0.15) is 0 Å². The number of carbonyl (C=O) groups is 6. The predicted molar refractivity (Wildman–Crippen MR) is 183 cm³/mol. The fourth-order valence-corrected chi connectivity index (χ4v) is 5.24. The zero-order chi connectivity index (χ0) is 40.9. The molecule has 0 radical (unpaired) electrons. The summed E-state index contributed by atoms with van der Waals surface area (Å²) in [7, 11) is 0. The van der Waals surface area contributed by atoms with Gasteiger partial charge in [-0.3, -0.25) is 28.8 Å². The maximum absolute atomic E-state index is 13.4. The predicted octanol–water partition coefficient (Wildman–Crippen LogP) is 1.41. The molecule has 2 fully saturated rings. The number of rotatable bonds is 21. The van der Waals surface area contributed by atoms with E-state index in [9.17, 15) is 44.1 Å². The van der Waals surface area contributed by atoms with Crippen LogP contribution in [0.1, 0.15) is 93.9 Å². The number of hydrogen-bond acceptors (Lipinski definition) is 17. The Balaban J connectivity index is 2.80. The highest BCUT2D eigenvalue weighted by molar-refractivity contribution is 5.90. The van der Waals surface area contributed by atoms with Crippen molar-refractivity contribution in [3.63, 3.8) is 0 Å². The quantitative estimate of drug-likeness (QED) is 0.0729. The van der Waals surface area contributed by atoms with E-state index in [1.807, 2.05) is 13.8 Å². The van der Waals surface area contributed by atoms with E-state index in [1.54, 1.807) is 41.5 Å². The van der Waals surface area contributed by atoms with E-state index in [2.05, 4.69) is 0 Å². The lowest BCUT2D eigenvalue weighted by Gasteiger charge is -2.47. The largest absolute Gasteiger partial charge is 0.481 e. The molecule has 0 aromatic rings. The number of carboxylic acids is 1. The smallest absolute Gasteiger partial charge is 0.317 e. The van der Waals surface area contributed by atoms with Gasteiger partial charge >= 0.3 is 35.8 Å². The van der Waals surface area contributed by atoms with E-state index in [1.165, 1.54) is 0 Å². The topological polar surface area (TPSA) is 257 Å². The van der Waals surface area contributed by atoms with E-state index < -0.39 is 135 Å². The summed E-state index contributed by atoms with van der Waals surface area (Å²) in [6, 6.07) is 0. The molecule has 310 valence electrons. The molecule has 2 rings (SSSR count). The SMILES string of the molecule is CCC(C)C(=O)OC[C@H]1O[C@H](O[C@]2(COC(=O)CC(=O)O)O[C@H](CO)[C@@H](O)[C@@H]2O)[C@H](OC(=O)C(C)CC)[C@@H](OC(=O)CCC(C)C)[C@@H]1OC(=O)C(C)CC. The molecular weight excluding hydrogens is 720 g/mol. The van der Waals surface area contributed by atoms with Gasteiger partial charge in [-0.25, -0.2) is 0 Å². The summed E-state index contributed by atoms with van der Waals surface area (Å²) in [4.78, 5) is 76.5. The Hall–Kier alpha value is -3.42. The minimum Gasteiger partial charge on any atom is -0.481 e. The van der Waals surface area contributed by atoms with Crippen LogP contribution in [0.25, 0.3) is 0 Å². The number of carbonyl (C=O) groups excluding carboxylic acids is 5. The highest BCUT2D eigenvalue weighted by Crippen LogP contribution is 2.39. The first-order chi connectivity index (χ1) is 25.3. The Kier molecular flexibility index (Phi) is 18.7. The van der Waals surface area contributed by atoms with E-state index in [0.29, 0.717) is 25.7 Å². The Morgan fingerprint density at radius 3 is 1.78 bits per heavy atom. The van der Waals surface area contributed by atoms with Crippen molar-refractivity contribution in [2.75, 3.05) is 19.8 Å². The zero-order valence-corrected chi connectivity index (χ0v) is 32.3. The number of carboxylic acid groups (broad SMARTS) is 1. The lowest BCUT2D eigenvalue weighted by molar-refractivity contribution is -0.384. The molecule has 0 aromatic heterocycles. The number of hydrogen-bond donors (Lipinski definition) is 4. The van der Waals surface area contributed by atoms with Crippen LogP contribution in [0.2, 0.25) is 0 Å². The van der Waals surface area contributed by atoms with E-state index in [0.717, 1.165) is 0 Å². The van der Waals surface area contributed by atoms with Gasteiger partial charge in [-0.15, -0.1) is 0 Å². The number of aliphatic hydroxyl groups excluding tert-OH is 3. The van der Waals surface area contributed by atoms with Gasteiger partial charge in [-0.1, -0.05) is 55.4 Å². The van der Waals surface area contributed by atoms with Gasteiger partial charge in [0.2, 0.25) is 12.1 Å². The molecule has 2 aliphatic heterocycles. The molecule has 2 aliphatic rings. The number of ether oxygens (including phenoxy) is 8. The second kappa shape index (κ2) is 21.6. The van der Waals surface area contributed by atoms with Gasteiger partial charge < -0.3 is 58.3 Å². The first kappa shape index (κ1) is 46.7. The molecule has 0 spiro atoms. The average molecular weight is 779 g/mol. The highest BCUT2D eigenvalue weighted by Gasteiger charge is 2.61. The number of aliphatic carboxylic acids is 1. The highest BCUT2D eigenvalue weighted by atomic mass is 16.8. The molecule has 12 atom stereocenters. The van der Waals surface area contributed by atoms with Crippen LogP contribution < -0.4 is 0 Å². The van der Waals surface area contributed by atoms with Gasteiger partial charge in [0.1, 0.15) is 44.1 Å². The average Bonchev–Trinajstić information content (AvgIpc) is 3.37. The molecule has 2 saturated heterocycles. The first-order valence-corrected chi connectivity index (χ1v) is 18.5. The minimum atomic E-state index is -2.63. The van der Waals surface area contributed by atoms with Crippen LogP contribution in [0.4, 0.5) is 0 Å². The van der Waals surface area contributed by atoms with Gasteiger partial charge in [0, 0.05) is 6.42 Å². The Bertz CT molecular complexity index is 1270. The minimum absolute atomic E-state index is 0.0738. The first-order valence-electron chi connectivity index (χ1n) is 18.5. The Morgan fingerprint density at radius 2 is 1.28 bits per heavy atom. The van der Waals surface area contributed by atoms with Crippen molar-refractivity contribution in [3.05, 3.63) is 0 Å². The van der Waals surface area contributed by atoms with Crippen LogP contribution in [-0.2, 0) is 66.7 Å². The third kappa shape index (κ3) is 12.8. The Labute approximate surface area is 315 Å². The molecule has 2 heterocycles. The summed E-state index contributed by atoms with van der Waals surface area (Å²) < 4.78 is 46.3. The fraction of sp³-hybridized carbons (Fsp3) is 0.833. The third-order valence-electron chi connectivity index (χ3n) is 9.45. The summed E-state index contributed by atoms with van der Waals surface area (Å²) in [6.07, 6.45) is -13.9. The molecule has 3 unspecified atom stereocenters. The summed E-state index contributed by atoms with van der Waals surface area (Å²) in [5.74, 6) is -10.4. The fourth-order valence-electron chi connectivity index (χ4n) is 5.24. The van der Waals surface area contributed by atoms with Crippen molar-refractivity contribution < 1.29 is 87.1 Å². The molecule has 0 saturated carbocycles. The van der Waals surface area contributed by atoms with Gasteiger partial charge in [0.25, 0.3) is 0 Å². The molecule has 0 amide bonds. The molecular formula is C36H58O18. The summed E-state index contributed by atoms with van der Waals surface area (Å²) in [5, 5.41) is 41.0. The van der Waals surface area contributed by atoms with Crippen molar-refractivity contribution in [2.45, 2.75) is 149 Å². The van der Waals surface area contributed by atoms with Crippen molar-refractivity contribution in [1.82, 2.24) is 0 Å². The lowest BCUT2D eigenvalue weighted by atomic mass is 9.96. The van der Waals surface area contributed by atoms with Gasteiger partial charge in [-0.05, 0) is 31.6 Å². The van der Waals surface area contributed by atoms with Gasteiger partial charge in [0.05, 0.1) is 24.4 Å². The molecule has 0 aromatic carbocycles. The monoisotopic (exact) mass is 778 g/mol. The molecule has 0 aliphatic carbocycles. The standard InChI is InChI=1S/C36H58O18/c1-9-19(6)32(44)47-16-23-28(51-33(45)20(7)10-2)29(50-25(40)13-12-18(4)5)30(52-34(46)21(8)11-3)35(49-23)54-36(17-48-26(41)14-24(38)39)31(43)27(42)22(15-37)53-36/h18-23,27-31,35,37,42-43H,9-17H2,1-8H3,(H,38,39)/t19?,20?,21?,22-,23-,27-,28-,29+,30-,31+,35-,36+/m1/s1. The van der Waals surface area contributed by atoms with Crippen LogP contribution in [0.15, 0.2) is 0 Å². The van der Waals surface area contributed by atoms with Crippen molar-refractivity contribution in [1.29, 1.82) is 0 Å². The summed E-state index contributed by atoms with van der Waals surface area (Å²) in [6.45, 7) is 11.2. The lowest BCUT2D eigenvalue weighted by Crippen LogP contribution is -2.66. The maximum Gasteiger partial charge on any atom is 0.317 e. The van der Waals surface area contributed by atoms with E-state index in [-0.39, 0.29) is 12.3 Å².